The molecule has 1 N–H and O–H groups in total. The lowest BCUT2D eigenvalue weighted by Crippen LogP contribution is -2.04. The predicted octanol–water partition coefficient (Wildman–Crippen LogP) is 3.81. The van der Waals surface area contributed by atoms with Gasteiger partial charge in [0.25, 0.3) is 0 Å². The lowest BCUT2D eigenvalue weighted by Gasteiger charge is -2.06. The number of benzene rings is 2. The molecule has 19 heavy (non-hydrogen) atoms. The summed E-state index contributed by atoms with van der Waals surface area (Å²) in [6.07, 6.45) is 0.0128. The minimum absolute atomic E-state index is 0.0128. The third kappa shape index (κ3) is 4.24. The Morgan fingerprint density at radius 3 is 2.05 bits per heavy atom. The van der Waals surface area contributed by atoms with Crippen molar-refractivity contribution in [3.05, 3.63) is 52.1 Å². The van der Waals surface area contributed by atoms with Crippen molar-refractivity contribution < 1.29 is 14.6 Å². The van der Waals surface area contributed by atoms with Crippen LogP contribution in [0.15, 0.2) is 48.5 Å². The highest BCUT2D eigenvalue weighted by Gasteiger charge is 2.00. The average Bonchev–Trinajstić information content (AvgIpc) is 2.40. The number of carbonyl (C=O) groups is 1. The highest BCUT2D eigenvalue weighted by Crippen LogP contribution is 2.23. The molecule has 2 rings (SSSR count). The van der Waals surface area contributed by atoms with Gasteiger partial charge in [-0.15, -0.1) is 0 Å². The van der Waals surface area contributed by atoms with E-state index in [0.29, 0.717) is 5.75 Å². The summed E-state index contributed by atoms with van der Waals surface area (Å²) in [4.78, 5) is 10.4. The topological polar surface area (TPSA) is 46.5 Å². The molecule has 2 aromatic carbocycles. The third-order valence-corrected chi connectivity index (χ3v) is 3.34. The minimum atomic E-state index is -0.851. The van der Waals surface area contributed by atoms with Crippen LogP contribution in [0.25, 0.3) is 11.1 Å². The smallest absolute Gasteiger partial charge is 0.306 e. The maximum atomic E-state index is 10.4. The Kier molecular flexibility index (Phi) is 4.79. The van der Waals surface area contributed by atoms with Gasteiger partial charge in [-0.25, -0.2) is 0 Å². The van der Waals surface area contributed by atoms with Gasteiger partial charge in [0.2, 0.25) is 0 Å². The summed E-state index contributed by atoms with van der Waals surface area (Å²) < 4.78 is 6.55. The SMILES string of the molecule is O=C(O)CCOc1ccc(-c2ccc(I)cc2)cc1. The summed E-state index contributed by atoms with van der Waals surface area (Å²) in [6, 6.07) is 15.9. The van der Waals surface area contributed by atoms with Crippen LogP contribution < -0.4 is 4.74 Å². The van der Waals surface area contributed by atoms with Crippen molar-refractivity contribution in [3.63, 3.8) is 0 Å². The number of carboxylic acids is 1. The second-order valence-electron chi connectivity index (χ2n) is 4.02. The second-order valence-corrected chi connectivity index (χ2v) is 5.27. The van der Waals surface area contributed by atoms with Gasteiger partial charge in [-0.2, -0.15) is 0 Å². The lowest BCUT2D eigenvalue weighted by atomic mass is 10.1. The van der Waals surface area contributed by atoms with Crippen LogP contribution in [-0.2, 0) is 4.79 Å². The van der Waals surface area contributed by atoms with Crippen molar-refractivity contribution in [1.29, 1.82) is 0 Å². The Hall–Kier alpha value is -1.56. The van der Waals surface area contributed by atoms with Gasteiger partial charge in [-0.05, 0) is 58.0 Å². The maximum absolute atomic E-state index is 10.4. The Morgan fingerprint density at radius 1 is 1.00 bits per heavy atom. The van der Waals surface area contributed by atoms with Crippen molar-refractivity contribution in [2.24, 2.45) is 0 Å². The van der Waals surface area contributed by atoms with Crippen molar-refractivity contribution >= 4 is 28.6 Å². The molecule has 2 aromatic rings. The molecule has 0 saturated heterocycles. The van der Waals surface area contributed by atoms with Gasteiger partial charge in [0.15, 0.2) is 0 Å². The van der Waals surface area contributed by atoms with E-state index < -0.39 is 5.97 Å². The van der Waals surface area contributed by atoms with Gasteiger partial charge in [0.1, 0.15) is 5.75 Å². The molecule has 0 aliphatic rings. The average molecular weight is 368 g/mol. The van der Waals surface area contributed by atoms with E-state index in [0.717, 1.165) is 11.1 Å². The summed E-state index contributed by atoms with van der Waals surface area (Å²) >= 11 is 2.27. The van der Waals surface area contributed by atoms with E-state index in [-0.39, 0.29) is 13.0 Å². The lowest BCUT2D eigenvalue weighted by molar-refractivity contribution is -0.137. The molecule has 0 spiro atoms. The van der Waals surface area contributed by atoms with Crippen molar-refractivity contribution in [2.45, 2.75) is 6.42 Å². The molecule has 0 unspecified atom stereocenters. The fraction of sp³-hybridized carbons (Fsp3) is 0.133. The van der Waals surface area contributed by atoms with Crippen LogP contribution in [0.1, 0.15) is 6.42 Å². The maximum Gasteiger partial charge on any atom is 0.306 e. The first-order valence-corrected chi connectivity index (χ1v) is 6.93. The molecule has 0 bridgehead atoms. The number of ether oxygens (including phenoxy) is 1. The molecule has 0 aliphatic heterocycles. The molecule has 4 heteroatoms. The summed E-state index contributed by atoms with van der Waals surface area (Å²) in [5.41, 5.74) is 2.26. The second kappa shape index (κ2) is 6.56. The largest absolute Gasteiger partial charge is 0.493 e. The van der Waals surface area contributed by atoms with Gasteiger partial charge >= 0.3 is 5.97 Å². The van der Waals surface area contributed by atoms with E-state index in [2.05, 4.69) is 46.9 Å². The Morgan fingerprint density at radius 2 is 1.53 bits per heavy atom. The number of rotatable bonds is 5. The van der Waals surface area contributed by atoms with Crippen LogP contribution in [0.4, 0.5) is 0 Å². The molecule has 0 fully saturated rings. The number of carboxylic acid groups (broad SMARTS) is 1. The first-order valence-electron chi connectivity index (χ1n) is 5.86. The normalized spacial score (nSPS) is 10.2. The number of hydrogen-bond acceptors (Lipinski definition) is 2. The van der Waals surface area contributed by atoms with Crippen molar-refractivity contribution in [3.8, 4) is 16.9 Å². The Labute approximate surface area is 125 Å². The van der Waals surface area contributed by atoms with Gasteiger partial charge in [0, 0.05) is 3.57 Å². The van der Waals surface area contributed by atoms with E-state index in [1.165, 1.54) is 3.57 Å². The monoisotopic (exact) mass is 368 g/mol. The molecular weight excluding hydrogens is 355 g/mol. The molecule has 0 aliphatic carbocycles. The standard InChI is InChI=1S/C15H13IO3/c16-13-5-1-11(2-6-13)12-3-7-14(8-4-12)19-10-9-15(17)18/h1-8H,9-10H2,(H,17,18). The summed E-state index contributed by atoms with van der Waals surface area (Å²) in [6.45, 7) is 0.193. The highest BCUT2D eigenvalue weighted by atomic mass is 127. The number of hydrogen-bond donors (Lipinski definition) is 1. The van der Waals surface area contributed by atoms with Crippen LogP contribution in [0.2, 0.25) is 0 Å². The predicted molar refractivity (Wildman–Crippen MR) is 82.3 cm³/mol. The Bertz CT molecular complexity index is 547. The van der Waals surface area contributed by atoms with E-state index >= 15 is 0 Å². The van der Waals surface area contributed by atoms with Crippen LogP contribution >= 0.6 is 22.6 Å². The Balaban J connectivity index is 2.02. The molecule has 98 valence electrons. The van der Waals surface area contributed by atoms with Crippen molar-refractivity contribution in [1.82, 2.24) is 0 Å². The van der Waals surface area contributed by atoms with Gasteiger partial charge in [-0.1, -0.05) is 24.3 Å². The minimum Gasteiger partial charge on any atom is -0.493 e. The number of aliphatic carboxylic acids is 1. The van der Waals surface area contributed by atoms with Crippen molar-refractivity contribution in [2.75, 3.05) is 6.61 Å². The van der Waals surface area contributed by atoms with Crippen LogP contribution in [-0.4, -0.2) is 17.7 Å². The zero-order valence-corrected chi connectivity index (χ0v) is 12.3. The van der Waals surface area contributed by atoms with E-state index in [1.807, 2.05) is 24.3 Å². The fourth-order valence-electron chi connectivity index (χ4n) is 1.64. The van der Waals surface area contributed by atoms with Gasteiger partial charge in [0.05, 0.1) is 13.0 Å². The fourth-order valence-corrected chi connectivity index (χ4v) is 2.00. The summed E-state index contributed by atoms with van der Waals surface area (Å²) in [5, 5.41) is 8.53. The van der Waals surface area contributed by atoms with Gasteiger partial charge in [-0.3, -0.25) is 4.79 Å². The molecule has 0 amide bonds. The quantitative estimate of drug-likeness (QED) is 0.817. The summed E-state index contributed by atoms with van der Waals surface area (Å²) in [5.74, 6) is -0.161. The number of halogens is 1. The zero-order chi connectivity index (χ0) is 13.7. The first kappa shape index (κ1) is 13.9. The van der Waals surface area contributed by atoms with Crippen LogP contribution in [0.5, 0.6) is 5.75 Å². The molecule has 0 saturated carbocycles. The molecule has 0 heterocycles. The molecule has 0 aromatic heterocycles. The first-order chi connectivity index (χ1) is 9.15. The van der Waals surface area contributed by atoms with Crippen LogP contribution in [0, 0.1) is 3.57 Å². The molecular formula is C15H13IO3. The highest BCUT2D eigenvalue weighted by molar-refractivity contribution is 14.1. The zero-order valence-electron chi connectivity index (χ0n) is 10.2. The molecule has 3 nitrogen and oxygen atoms in total. The van der Waals surface area contributed by atoms with Crippen LogP contribution in [0.3, 0.4) is 0 Å². The molecule has 0 radical (unpaired) electrons. The third-order valence-electron chi connectivity index (χ3n) is 2.62. The van der Waals surface area contributed by atoms with E-state index in [4.69, 9.17) is 9.84 Å². The molecule has 0 atom stereocenters. The van der Waals surface area contributed by atoms with E-state index in [9.17, 15) is 4.79 Å². The van der Waals surface area contributed by atoms with E-state index in [1.54, 1.807) is 0 Å². The van der Waals surface area contributed by atoms with Gasteiger partial charge < -0.3 is 9.84 Å². The summed E-state index contributed by atoms with van der Waals surface area (Å²) in [7, 11) is 0.